The summed E-state index contributed by atoms with van der Waals surface area (Å²) in [7, 11) is 0. The number of H-pyrrole nitrogens is 1. The average molecular weight is 207 g/mol. The van der Waals surface area contributed by atoms with Crippen molar-refractivity contribution < 1.29 is 0 Å². The van der Waals surface area contributed by atoms with E-state index in [0.717, 1.165) is 17.4 Å². The molecule has 0 fully saturated rings. The molecule has 2 rings (SSSR count). The molecule has 1 aromatic carbocycles. The van der Waals surface area contributed by atoms with E-state index in [0.29, 0.717) is 0 Å². The summed E-state index contributed by atoms with van der Waals surface area (Å²) in [6, 6.07) is 11.8. The maximum Gasteiger partial charge on any atom is 0.103 e. The van der Waals surface area contributed by atoms with Crippen LogP contribution in [0.2, 0.25) is 5.02 Å². The number of nitrogens with one attached hydrogen (secondary N) is 2. The van der Waals surface area contributed by atoms with Gasteiger partial charge < -0.3 is 10.3 Å². The largest absolute Gasteiger partial charge is 0.368 e. The second-order valence-electron chi connectivity index (χ2n) is 3.06. The van der Waals surface area contributed by atoms with E-state index in [1.54, 1.807) is 0 Å². The van der Waals surface area contributed by atoms with E-state index in [2.05, 4.69) is 10.3 Å². The van der Waals surface area contributed by atoms with Crippen LogP contribution in [0.4, 0.5) is 5.82 Å². The van der Waals surface area contributed by atoms with Crippen molar-refractivity contribution in [2.24, 2.45) is 0 Å². The van der Waals surface area contributed by atoms with Gasteiger partial charge in [-0.1, -0.05) is 23.7 Å². The van der Waals surface area contributed by atoms with E-state index >= 15 is 0 Å². The van der Waals surface area contributed by atoms with Gasteiger partial charge in [0.25, 0.3) is 0 Å². The van der Waals surface area contributed by atoms with Crippen molar-refractivity contribution in [1.29, 1.82) is 0 Å². The Labute approximate surface area is 87.9 Å². The van der Waals surface area contributed by atoms with Crippen LogP contribution in [0.3, 0.4) is 0 Å². The quantitative estimate of drug-likeness (QED) is 0.793. The lowest BCUT2D eigenvalue weighted by Gasteiger charge is -2.03. The third kappa shape index (κ3) is 2.30. The van der Waals surface area contributed by atoms with Gasteiger partial charge in [0, 0.05) is 17.8 Å². The summed E-state index contributed by atoms with van der Waals surface area (Å²) in [5.41, 5.74) is 1.21. The lowest BCUT2D eigenvalue weighted by Crippen LogP contribution is -1.98. The second-order valence-corrected chi connectivity index (χ2v) is 3.50. The summed E-state index contributed by atoms with van der Waals surface area (Å²) in [5, 5.41) is 4.03. The molecule has 14 heavy (non-hydrogen) atoms. The van der Waals surface area contributed by atoms with Gasteiger partial charge in [0.1, 0.15) is 5.82 Å². The fraction of sp³-hybridized carbons (Fsp3) is 0.0909. The number of aromatic nitrogens is 1. The van der Waals surface area contributed by atoms with Gasteiger partial charge in [-0.15, -0.1) is 0 Å². The molecular formula is C11H11ClN2. The Bertz CT molecular complexity index is 378. The maximum absolute atomic E-state index is 5.78. The third-order valence-corrected chi connectivity index (χ3v) is 2.25. The molecule has 0 unspecified atom stereocenters. The zero-order valence-electron chi connectivity index (χ0n) is 7.63. The Kier molecular flexibility index (Phi) is 2.75. The van der Waals surface area contributed by atoms with Crippen LogP contribution in [0.1, 0.15) is 5.56 Å². The first-order chi connectivity index (χ1) is 6.84. The minimum atomic E-state index is 0.772. The topological polar surface area (TPSA) is 27.8 Å². The maximum atomic E-state index is 5.78. The number of benzene rings is 1. The molecule has 0 aliphatic carbocycles. The van der Waals surface area contributed by atoms with Crippen molar-refractivity contribution in [2.45, 2.75) is 6.54 Å². The fourth-order valence-electron chi connectivity index (χ4n) is 1.24. The van der Waals surface area contributed by atoms with Gasteiger partial charge in [0.2, 0.25) is 0 Å². The van der Waals surface area contributed by atoms with Crippen LogP contribution in [-0.4, -0.2) is 4.98 Å². The van der Waals surface area contributed by atoms with Gasteiger partial charge in [0.15, 0.2) is 0 Å². The number of aromatic amines is 1. The molecule has 0 spiro atoms. The van der Waals surface area contributed by atoms with E-state index in [1.165, 1.54) is 5.56 Å². The molecule has 2 N–H and O–H groups in total. The molecule has 0 aliphatic heterocycles. The molecule has 0 bridgehead atoms. The summed E-state index contributed by atoms with van der Waals surface area (Å²) in [5.74, 6) is 1.03. The van der Waals surface area contributed by atoms with Crippen molar-refractivity contribution >= 4 is 17.4 Å². The van der Waals surface area contributed by atoms with E-state index in [1.807, 2.05) is 42.6 Å². The Morgan fingerprint density at radius 1 is 1.14 bits per heavy atom. The molecule has 2 aromatic rings. The van der Waals surface area contributed by atoms with Crippen LogP contribution in [0.15, 0.2) is 42.6 Å². The van der Waals surface area contributed by atoms with E-state index < -0.39 is 0 Å². The summed E-state index contributed by atoms with van der Waals surface area (Å²) in [6.07, 6.45) is 1.89. The Morgan fingerprint density at radius 2 is 1.93 bits per heavy atom. The summed E-state index contributed by atoms with van der Waals surface area (Å²) in [4.78, 5) is 3.08. The predicted molar refractivity (Wildman–Crippen MR) is 59.6 cm³/mol. The zero-order chi connectivity index (χ0) is 9.80. The highest BCUT2D eigenvalue weighted by atomic mass is 35.5. The Morgan fingerprint density at radius 3 is 2.57 bits per heavy atom. The Hall–Kier alpha value is -1.41. The van der Waals surface area contributed by atoms with Gasteiger partial charge in [-0.25, -0.2) is 0 Å². The molecule has 0 saturated carbocycles. The summed E-state index contributed by atoms with van der Waals surface area (Å²) < 4.78 is 0. The van der Waals surface area contributed by atoms with Crippen LogP contribution in [0.5, 0.6) is 0 Å². The molecule has 0 amide bonds. The van der Waals surface area contributed by atoms with Gasteiger partial charge in [-0.3, -0.25) is 0 Å². The zero-order valence-corrected chi connectivity index (χ0v) is 8.38. The summed E-state index contributed by atoms with van der Waals surface area (Å²) >= 11 is 5.78. The minimum absolute atomic E-state index is 0.772. The van der Waals surface area contributed by atoms with Gasteiger partial charge >= 0.3 is 0 Å². The summed E-state index contributed by atoms with van der Waals surface area (Å²) in [6.45, 7) is 0.803. The monoisotopic (exact) mass is 206 g/mol. The first kappa shape index (κ1) is 9.16. The standard InChI is InChI=1S/C11H11ClN2/c12-10-5-3-9(4-6-10)8-14-11-2-1-7-13-11/h1-7,13-14H,8H2. The lowest BCUT2D eigenvalue weighted by molar-refractivity contribution is 1.12. The molecule has 1 aromatic heterocycles. The van der Waals surface area contributed by atoms with Crippen molar-refractivity contribution in [3.05, 3.63) is 53.2 Å². The molecule has 3 heteroatoms. The van der Waals surface area contributed by atoms with E-state index in [-0.39, 0.29) is 0 Å². The minimum Gasteiger partial charge on any atom is -0.368 e. The normalized spacial score (nSPS) is 10.1. The number of anilines is 1. The number of hydrogen-bond acceptors (Lipinski definition) is 1. The molecule has 0 saturated heterocycles. The van der Waals surface area contributed by atoms with Crippen LogP contribution >= 0.6 is 11.6 Å². The molecule has 0 aliphatic rings. The van der Waals surface area contributed by atoms with Gasteiger partial charge in [-0.05, 0) is 29.8 Å². The first-order valence-electron chi connectivity index (χ1n) is 4.46. The van der Waals surface area contributed by atoms with E-state index in [4.69, 9.17) is 11.6 Å². The van der Waals surface area contributed by atoms with Crippen molar-refractivity contribution in [1.82, 2.24) is 4.98 Å². The molecule has 0 atom stereocenters. The van der Waals surface area contributed by atoms with Crippen molar-refractivity contribution in [2.75, 3.05) is 5.32 Å². The van der Waals surface area contributed by atoms with Crippen LogP contribution in [-0.2, 0) is 6.54 Å². The first-order valence-corrected chi connectivity index (χ1v) is 4.84. The molecule has 0 radical (unpaired) electrons. The van der Waals surface area contributed by atoms with Crippen LogP contribution < -0.4 is 5.32 Å². The smallest absolute Gasteiger partial charge is 0.103 e. The Balaban J connectivity index is 1.95. The molecule has 72 valence electrons. The number of rotatable bonds is 3. The van der Waals surface area contributed by atoms with Crippen LogP contribution in [0, 0.1) is 0 Å². The van der Waals surface area contributed by atoms with Crippen LogP contribution in [0.25, 0.3) is 0 Å². The number of hydrogen-bond donors (Lipinski definition) is 2. The average Bonchev–Trinajstić information content (AvgIpc) is 2.70. The molecule has 2 nitrogen and oxygen atoms in total. The lowest BCUT2D eigenvalue weighted by atomic mass is 10.2. The van der Waals surface area contributed by atoms with Crippen molar-refractivity contribution in [3.63, 3.8) is 0 Å². The highest BCUT2D eigenvalue weighted by molar-refractivity contribution is 6.30. The highest BCUT2D eigenvalue weighted by Gasteiger charge is 1.93. The fourth-order valence-corrected chi connectivity index (χ4v) is 1.37. The van der Waals surface area contributed by atoms with Gasteiger partial charge in [-0.2, -0.15) is 0 Å². The second kappa shape index (κ2) is 4.20. The van der Waals surface area contributed by atoms with E-state index in [9.17, 15) is 0 Å². The highest BCUT2D eigenvalue weighted by Crippen LogP contribution is 2.11. The molecule has 1 heterocycles. The van der Waals surface area contributed by atoms with Crippen molar-refractivity contribution in [3.8, 4) is 0 Å². The number of halogens is 1. The van der Waals surface area contributed by atoms with Gasteiger partial charge in [0.05, 0.1) is 0 Å². The third-order valence-electron chi connectivity index (χ3n) is 1.99. The predicted octanol–water partition coefficient (Wildman–Crippen LogP) is 3.28. The SMILES string of the molecule is Clc1ccc(CNc2ccc[nH]2)cc1. The molecular weight excluding hydrogens is 196 g/mol.